The number of carbonyl (C=O) groups excluding carboxylic acids is 1. The van der Waals surface area contributed by atoms with E-state index in [9.17, 15) is 4.79 Å². The maximum atomic E-state index is 12.5. The van der Waals surface area contributed by atoms with Crippen molar-refractivity contribution in [3.63, 3.8) is 0 Å². The Morgan fingerprint density at radius 2 is 1.81 bits per heavy atom. The SMILES string of the molecule is CC(C)(C)c1ccc(C(=O)Nc2ncc(Cc3cc(Cl)ccc3Cl)s2)cc1. The van der Waals surface area contributed by atoms with Crippen LogP contribution in [0.25, 0.3) is 0 Å². The molecule has 140 valence electrons. The number of thiazole rings is 1. The number of carbonyl (C=O) groups is 1. The molecular formula is C21H20Cl2N2OS. The van der Waals surface area contributed by atoms with Gasteiger partial charge < -0.3 is 0 Å². The van der Waals surface area contributed by atoms with Crippen LogP contribution in [0.3, 0.4) is 0 Å². The fourth-order valence-corrected chi connectivity index (χ4v) is 3.81. The van der Waals surface area contributed by atoms with Gasteiger partial charge in [-0.25, -0.2) is 4.98 Å². The van der Waals surface area contributed by atoms with Crippen LogP contribution in [0.4, 0.5) is 5.13 Å². The number of rotatable bonds is 4. The fourth-order valence-electron chi connectivity index (χ4n) is 2.60. The number of aromatic nitrogens is 1. The summed E-state index contributed by atoms with van der Waals surface area (Å²) < 4.78 is 0. The van der Waals surface area contributed by atoms with Gasteiger partial charge in [0.25, 0.3) is 5.91 Å². The Morgan fingerprint density at radius 1 is 1.11 bits per heavy atom. The molecule has 1 amide bonds. The topological polar surface area (TPSA) is 42.0 Å². The quantitative estimate of drug-likeness (QED) is 0.518. The first-order valence-corrected chi connectivity index (χ1v) is 10.1. The van der Waals surface area contributed by atoms with Crippen molar-refractivity contribution in [2.45, 2.75) is 32.6 Å². The van der Waals surface area contributed by atoms with Crippen molar-refractivity contribution in [3.05, 3.63) is 80.3 Å². The predicted octanol–water partition coefficient (Wildman–Crippen LogP) is 6.59. The monoisotopic (exact) mass is 418 g/mol. The predicted molar refractivity (Wildman–Crippen MR) is 114 cm³/mol. The minimum Gasteiger partial charge on any atom is -0.298 e. The van der Waals surface area contributed by atoms with Crippen LogP contribution in [-0.4, -0.2) is 10.9 Å². The summed E-state index contributed by atoms with van der Waals surface area (Å²) in [5.74, 6) is -0.169. The van der Waals surface area contributed by atoms with Gasteiger partial charge in [-0.1, -0.05) is 56.1 Å². The van der Waals surface area contributed by atoms with Crippen LogP contribution in [0, 0.1) is 0 Å². The average molecular weight is 419 g/mol. The Balaban J connectivity index is 1.68. The number of hydrogen-bond acceptors (Lipinski definition) is 3. The first kappa shape index (κ1) is 19.9. The summed E-state index contributed by atoms with van der Waals surface area (Å²) in [5, 5.41) is 4.73. The van der Waals surface area contributed by atoms with E-state index in [1.54, 1.807) is 18.3 Å². The zero-order valence-corrected chi connectivity index (χ0v) is 17.7. The maximum absolute atomic E-state index is 12.5. The third-order valence-corrected chi connectivity index (χ3v) is 5.68. The molecule has 0 bridgehead atoms. The molecule has 1 N–H and O–H groups in total. The molecule has 1 aromatic heterocycles. The highest BCUT2D eigenvalue weighted by Crippen LogP contribution is 2.27. The summed E-state index contributed by atoms with van der Waals surface area (Å²) in [5.41, 5.74) is 2.79. The molecule has 3 aromatic rings. The van der Waals surface area contributed by atoms with Crippen molar-refractivity contribution in [3.8, 4) is 0 Å². The minimum atomic E-state index is -0.169. The highest BCUT2D eigenvalue weighted by atomic mass is 35.5. The van der Waals surface area contributed by atoms with Crippen molar-refractivity contribution in [1.82, 2.24) is 4.98 Å². The first-order chi connectivity index (χ1) is 12.7. The van der Waals surface area contributed by atoms with Crippen molar-refractivity contribution in [2.24, 2.45) is 0 Å². The van der Waals surface area contributed by atoms with Gasteiger partial charge in [0, 0.05) is 33.1 Å². The Bertz CT molecular complexity index is 959. The Kier molecular flexibility index (Phi) is 5.89. The molecule has 0 aliphatic carbocycles. The molecule has 27 heavy (non-hydrogen) atoms. The maximum Gasteiger partial charge on any atom is 0.257 e. The Morgan fingerprint density at radius 3 is 2.48 bits per heavy atom. The van der Waals surface area contributed by atoms with E-state index in [4.69, 9.17) is 23.2 Å². The molecule has 0 fully saturated rings. The van der Waals surface area contributed by atoms with Gasteiger partial charge in [0.15, 0.2) is 5.13 Å². The van der Waals surface area contributed by atoms with Crippen LogP contribution in [0.2, 0.25) is 10.0 Å². The summed E-state index contributed by atoms with van der Waals surface area (Å²) in [7, 11) is 0. The Labute approximate surface area is 173 Å². The van der Waals surface area contributed by atoms with E-state index in [0.717, 1.165) is 10.4 Å². The van der Waals surface area contributed by atoms with E-state index >= 15 is 0 Å². The van der Waals surface area contributed by atoms with Gasteiger partial charge in [-0.3, -0.25) is 10.1 Å². The van der Waals surface area contributed by atoms with Crippen LogP contribution in [0.15, 0.2) is 48.7 Å². The van der Waals surface area contributed by atoms with Crippen LogP contribution < -0.4 is 5.32 Å². The second-order valence-electron chi connectivity index (χ2n) is 7.33. The minimum absolute atomic E-state index is 0.0564. The third kappa shape index (κ3) is 5.10. The molecular weight excluding hydrogens is 399 g/mol. The summed E-state index contributed by atoms with van der Waals surface area (Å²) in [6.07, 6.45) is 2.37. The highest BCUT2D eigenvalue weighted by Gasteiger charge is 2.15. The molecule has 3 rings (SSSR count). The van der Waals surface area contributed by atoms with E-state index in [2.05, 4.69) is 31.1 Å². The van der Waals surface area contributed by atoms with Crippen LogP contribution >= 0.6 is 34.5 Å². The standard InChI is InChI=1S/C21H20Cl2N2OS/c1-21(2,3)15-6-4-13(5-7-15)19(26)25-20-24-12-17(27-20)11-14-10-16(22)8-9-18(14)23/h4-10,12H,11H2,1-3H3,(H,24,25,26). The lowest BCUT2D eigenvalue weighted by Crippen LogP contribution is -2.14. The molecule has 0 saturated heterocycles. The van der Waals surface area contributed by atoms with Gasteiger partial charge in [-0.05, 0) is 46.9 Å². The fraction of sp³-hybridized carbons (Fsp3) is 0.238. The number of nitrogens with one attached hydrogen (secondary N) is 1. The molecule has 0 unspecified atom stereocenters. The smallest absolute Gasteiger partial charge is 0.257 e. The molecule has 0 aliphatic rings. The number of hydrogen-bond donors (Lipinski definition) is 1. The lowest BCUT2D eigenvalue weighted by Gasteiger charge is -2.18. The Hall–Kier alpha value is -1.88. The van der Waals surface area contributed by atoms with Crippen LogP contribution in [-0.2, 0) is 11.8 Å². The van der Waals surface area contributed by atoms with Gasteiger partial charge in [-0.15, -0.1) is 11.3 Å². The number of benzene rings is 2. The van der Waals surface area contributed by atoms with Gasteiger partial charge >= 0.3 is 0 Å². The van der Waals surface area contributed by atoms with Crippen molar-refractivity contribution in [1.29, 1.82) is 0 Å². The second-order valence-corrected chi connectivity index (χ2v) is 9.28. The van der Waals surface area contributed by atoms with Gasteiger partial charge in [0.05, 0.1) is 0 Å². The van der Waals surface area contributed by atoms with Crippen molar-refractivity contribution >= 4 is 45.6 Å². The van der Waals surface area contributed by atoms with E-state index in [1.165, 1.54) is 16.9 Å². The van der Waals surface area contributed by atoms with Gasteiger partial charge in [0.2, 0.25) is 0 Å². The third-order valence-electron chi connectivity index (χ3n) is 4.16. The number of anilines is 1. The highest BCUT2D eigenvalue weighted by molar-refractivity contribution is 7.15. The summed E-state index contributed by atoms with van der Waals surface area (Å²) in [6.45, 7) is 6.43. The number of nitrogens with zero attached hydrogens (tertiary/aromatic N) is 1. The molecule has 1 heterocycles. The molecule has 0 radical (unpaired) electrons. The zero-order chi connectivity index (χ0) is 19.6. The van der Waals surface area contributed by atoms with E-state index in [-0.39, 0.29) is 11.3 Å². The van der Waals surface area contributed by atoms with Gasteiger partial charge in [0.1, 0.15) is 0 Å². The zero-order valence-electron chi connectivity index (χ0n) is 15.3. The number of amides is 1. The summed E-state index contributed by atoms with van der Waals surface area (Å²) in [4.78, 5) is 17.8. The summed E-state index contributed by atoms with van der Waals surface area (Å²) in [6, 6.07) is 13.1. The molecule has 0 aliphatic heterocycles. The lowest BCUT2D eigenvalue weighted by molar-refractivity contribution is 0.102. The normalized spacial score (nSPS) is 11.4. The van der Waals surface area contributed by atoms with Gasteiger partial charge in [-0.2, -0.15) is 0 Å². The van der Waals surface area contributed by atoms with E-state index in [0.29, 0.717) is 27.2 Å². The van der Waals surface area contributed by atoms with Crippen molar-refractivity contribution in [2.75, 3.05) is 5.32 Å². The van der Waals surface area contributed by atoms with Crippen LogP contribution in [0.1, 0.15) is 47.1 Å². The lowest BCUT2D eigenvalue weighted by atomic mass is 9.87. The molecule has 0 atom stereocenters. The average Bonchev–Trinajstić information content (AvgIpc) is 3.04. The largest absolute Gasteiger partial charge is 0.298 e. The molecule has 0 spiro atoms. The van der Waals surface area contributed by atoms with Crippen molar-refractivity contribution < 1.29 is 4.79 Å². The molecule has 2 aromatic carbocycles. The molecule has 3 nitrogen and oxygen atoms in total. The first-order valence-electron chi connectivity index (χ1n) is 8.53. The summed E-state index contributed by atoms with van der Waals surface area (Å²) >= 11 is 13.7. The number of halogens is 2. The van der Waals surface area contributed by atoms with E-state index < -0.39 is 0 Å². The molecule has 6 heteroatoms. The molecule has 0 saturated carbocycles. The van der Waals surface area contributed by atoms with E-state index in [1.807, 2.05) is 30.3 Å². The second kappa shape index (κ2) is 8.01. The van der Waals surface area contributed by atoms with Crippen LogP contribution in [0.5, 0.6) is 0 Å².